The number of para-hydroxylation sites is 1. The monoisotopic (exact) mass is 332 g/mol. The Labute approximate surface area is 146 Å². The van der Waals surface area contributed by atoms with Gasteiger partial charge >= 0.3 is 0 Å². The second-order valence-corrected chi connectivity index (χ2v) is 6.52. The third-order valence-electron chi connectivity index (χ3n) is 4.81. The molecule has 3 heterocycles. The Kier molecular flexibility index (Phi) is 4.37. The Morgan fingerprint density at radius 2 is 1.88 bits per heavy atom. The molecule has 1 aliphatic heterocycles. The highest BCUT2D eigenvalue weighted by Crippen LogP contribution is 2.25. The van der Waals surface area contributed by atoms with Crippen LogP contribution in [0.25, 0.3) is 10.9 Å². The van der Waals surface area contributed by atoms with Crippen molar-refractivity contribution in [1.82, 2.24) is 19.9 Å². The zero-order valence-corrected chi connectivity index (χ0v) is 14.0. The first-order valence-corrected chi connectivity index (χ1v) is 8.70. The summed E-state index contributed by atoms with van der Waals surface area (Å²) in [6.45, 7) is 1.54. The molecule has 0 unspecified atom stereocenters. The normalized spacial score (nSPS) is 17.6. The Hall–Kier alpha value is -2.82. The molecule has 1 aromatic carbocycles. The van der Waals surface area contributed by atoms with Gasteiger partial charge in [0.25, 0.3) is 5.91 Å². The fourth-order valence-electron chi connectivity index (χ4n) is 3.61. The molecule has 5 heteroatoms. The van der Waals surface area contributed by atoms with Crippen molar-refractivity contribution in [2.24, 2.45) is 5.92 Å². The van der Waals surface area contributed by atoms with Crippen molar-refractivity contribution in [3.8, 4) is 0 Å². The summed E-state index contributed by atoms with van der Waals surface area (Å²) in [6.07, 6.45) is 8.22. The number of pyridine rings is 1. The van der Waals surface area contributed by atoms with Gasteiger partial charge < -0.3 is 4.90 Å². The molecule has 1 aliphatic rings. The molecule has 1 fully saturated rings. The number of carbonyl (C=O) groups is 1. The van der Waals surface area contributed by atoms with Crippen LogP contribution in [0.1, 0.15) is 29.0 Å². The van der Waals surface area contributed by atoms with E-state index in [4.69, 9.17) is 0 Å². The molecule has 0 saturated carbocycles. The minimum Gasteiger partial charge on any atom is -0.336 e. The smallest absolute Gasteiger partial charge is 0.291 e. The van der Waals surface area contributed by atoms with Crippen molar-refractivity contribution in [1.29, 1.82) is 0 Å². The quantitative estimate of drug-likeness (QED) is 0.739. The topological polar surface area (TPSA) is 59.0 Å². The minimum atomic E-state index is -0.0649. The first-order chi connectivity index (χ1) is 12.3. The molecule has 25 heavy (non-hydrogen) atoms. The number of rotatable bonds is 3. The second-order valence-electron chi connectivity index (χ2n) is 6.52. The van der Waals surface area contributed by atoms with Crippen LogP contribution in [0.3, 0.4) is 0 Å². The Balaban J connectivity index is 1.51. The molecule has 1 atom stereocenters. The molecule has 0 N–H and O–H groups in total. The number of hydrogen-bond donors (Lipinski definition) is 0. The summed E-state index contributed by atoms with van der Waals surface area (Å²) in [5.74, 6) is 0.676. The highest BCUT2D eigenvalue weighted by Gasteiger charge is 2.26. The summed E-state index contributed by atoms with van der Waals surface area (Å²) in [7, 11) is 0. The Bertz CT molecular complexity index is 876. The van der Waals surface area contributed by atoms with Gasteiger partial charge in [-0.1, -0.05) is 18.2 Å². The summed E-state index contributed by atoms with van der Waals surface area (Å²) in [5.41, 5.74) is 2.34. The van der Waals surface area contributed by atoms with Gasteiger partial charge in [0.1, 0.15) is 0 Å². The molecule has 1 amide bonds. The molecule has 0 bridgehead atoms. The van der Waals surface area contributed by atoms with E-state index in [1.54, 1.807) is 18.5 Å². The minimum absolute atomic E-state index is 0.0649. The van der Waals surface area contributed by atoms with Crippen molar-refractivity contribution < 1.29 is 4.79 Å². The predicted molar refractivity (Wildman–Crippen MR) is 96.1 cm³/mol. The molecule has 0 aliphatic carbocycles. The van der Waals surface area contributed by atoms with Gasteiger partial charge in [0, 0.05) is 37.1 Å². The van der Waals surface area contributed by atoms with Crippen LogP contribution in [-0.2, 0) is 6.42 Å². The summed E-state index contributed by atoms with van der Waals surface area (Å²) in [4.78, 5) is 27.1. The fourth-order valence-corrected chi connectivity index (χ4v) is 3.61. The van der Waals surface area contributed by atoms with E-state index in [2.05, 4.69) is 33.2 Å². The highest BCUT2D eigenvalue weighted by molar-refractivity contribution is 5.90. The van der Waals surface area contributed by atoms with Crippen LogP contribution >= 0.6 is 0 Å². The van der Waals surface area contributed by atoms with Crippen LogP contribution in [0.2, 0.25) is 0 Å². The van der Waals surface area contributed by atoms with Gasteiger partial charge in [-0.25, -0.2) is 9.97 Å². The average Bonchev–Trinajstić information content (AvgIpc) is 2.69. The highest BCUT2D eigenvalue weighted by atomic mass is 16.2. The van der Waals surface area contributed by atoms with Gasteiger partial charge in [-0.2, -0.15) is 0 Å². The summed E-state index contributed by atoms with van der Waals surface area (Å²) < 4.78 is 0. The third-order valence-corrected chi connectivity index (χ3v) is 4.81. The van der Waals surface area contributed by atoms with Crippen LogP contribution in [0.5, 0.6) is 0 Å². The first kappa shape index (κ1) is 15.7. The fraction of sp³-hybridized carbons (Fsp3) is 0.300. The van der Waals surface area contributed by atoms with Gasteiger partial charge in [-0.15, -0.1) is 0 Å². The molecular weight excluding hydrogens is 312 g/mol. The molecule has 2 aromatic heterocycles. The maximum absolute atomic E-state index is 12.6. The van der Waals surface area contributed by atoms with E-state index in [1.807, 2.05) is 23.2 Å². The van der Waals surface area contributed by atoms with Crippen molar-refractivity contribution in [2.45, 2.75) is 19.3 Å². The lowest BCUT2D eigenvalue weighted by molar-refractivity contribution is 0.0661. The number of benzene rings is 1. The summed E-state index contributed by atoms with van der Waals surface area (Å²) in [6, 6.07) is 12.1. The van der Waals surface area contributed by atoms with Gasteiger partial charge in [0.2, 0.25) is 5.82 Å². The standard InChI is InChI=1S/C20H20N4O/c25-20(19-22-9-4-10-23-19)24-12-3-5-15(14-24)13-16-8-11-21-18-7-2-1-6-17(16)18/h1-2,4,6-11,15H,3,5,12-14H2/t15-/m0/s1. The second kappa shape index (κ2) is 6.97. The van der Waals surface area contributed by atoms with Crippen LogP contribution < -0.4 is 0 Å². The van der Waals surface area contributed by atoms with Crippen LogP contribution in [-0.4, -0.2) is 38.8 Å². The van der Waals surface area contributed by atoms with E-state index < -0.39 is 0 Å². The van der Waals surface area contributed by atoms with Crippen LogP contribution in [0.4, 0.5) is 0 Å². The number of likely N-dealkylation sites (tertiary alicyclic amines) is 1. The lowest BCUT2D eigenvalue weighted by Gasteiger charge is -2.32. The maximum Gasteiger partial charge on any atom is 0.291 e. The van der Waals surface area contributed by atoms with Gasteiger partial charge in [-0.3, -0.25) is 9.78 Å². The lowest BCUT2D eigenvalue weighted by Crippen LogP contribution is -2.41. The average molecular weight is 332 g/mol. The van der Waals surface area contributed by atoms with Crippen molar-refractivity contribution >= 4 is 16.8 Å². The number of hydrogen-bond acceptors (Lipinski definition) is 4. The van der Waals surface area contributed by atoms with Crippen molar-refractivity contribution in [2.75, 3.05) is 13.1 Å². The Morgan fingerprint density at radius 1 is 1.04 bits per heavy atom. The zero-order chi connectivity index (χ0) is 17.1. The van der Waals surface area contributed by atoms with E-state index in [-0.39, 0.29) is 11.7 Å². The molecule has 0 radical (unpaired) electrons. The molecule has 5 nitrogen and oxygen atoms in total. The van der Waals surface area contributed by atoms with E-state index in [0.29, 0.717) is 5.92 Å². The SMILES string of the molecule is O=C(c1ncccn1)N1CCC[C@@H](Cc2ccnc3ccccc23)C1. The summed E-state index contributed by atoms with van der Waals surface area (Å²) in [5, 5.41) is 1.21. The number of nitrogens with zero attached hydrogens (tertiary/aromatic N) is 4. The molecule has 3 aromatic rings. The summed E-state index contributed by atoms with van der Waals surface area (Å²) >= 11 is 0. The zero-order valence-electron chi connectivity index (χ0n) is 14.0. The third kappa shape index (κ3) is 3.36. The van der Waals surface area contributed by atoms with E-state index in [0.717, 1.165) is 37.9 Å². The number of piperidine rings is 1. The van der Waals surface area contributed by atoms with Crippen LogP contribution in [0, 0.1) is 5.92 Å². The molecule has 4 rings (SSSR count). The number of amides is 1. The van der Waals surface area contributed by atoms with Gasteiger partial charge in [0.15, 0.2) is 0 Å². The number of aromatic nitrogens is 3. The van der Waals surface area contributed by atoms with Crippen molar-refractivity contribution in [3.05, 3.63) is 66.4 Å². The molecule has 126 valence electrons. The van der Waals surface area contributed by atoms with Gasteiger partial charge in [-0.05, 0) is 48.9 Å². The van der Waals surface area contributed by atoms with E-state index >= 15 is 0 Å². The first-order valence-electron chi connectivity index (χ1n) is 8.70. The van der Waals surface area contributed by atoms with E-state index in [1.165, 1.54) is 10.9 Å². The lowest BCUT2D eigenvalue weighted by atomic mass is 9.90. The van der Waals surface area contributed by atoms with Gasteiger partial charge in [0.05, 0.1) is 5.52 Å². The number of carbonyl (C=O) groups excluding carboxylic acids is 1. The molecular formula is C20H20N4O. The Morgan fingerprint density at radius 3 is 2.76 bits per heavy atom. The molecule has 1 saturated heterocycles. The van der Waals surface area contributed by atoms with Crippen LogP contribution in [0.15, 0.2) is 55.0 Å². The number of fused-ring (bicyclic) bond motifs is 1. The largest absolute Gasteiger partial charge is 0.336 e. The maximum atomic E-state index is 12.6. The predicted octanol–water partition coefficient (Wildman–Crippen LogP) is 3.12. The van der Waals surface area contributed by atoms with E-state index in [9.17, 15) is 4.79 Å². The van der Waals surface area contributed by atoms with Crippen molar-refractivity contribution in [3.63, 3.8) is 0 Å². The molecule has 0 spiro atoms.